The van der Waals surface area contributed by atoms with Gasteiger partial charge in [0.15, 0.2) is 5.96 Å². The molecule has 0 aromatic heterocycles. The number of methoxy groups -OCH3 is 1. The molecule has 2 rings (SSSR count). The third-order valence-corrected chi connectivity index (χ3v) is 5.79. The molecule has 0 saturated carbocycles. The van der Waals surface area contributed by atoms with Gasteiger partial charge in [-0.1, -0.05) is 0 Å². The van der Waals surface area contributed by atoms with Gasteiger partial charge in [-0.3, -0.25) is 9.79 Å². The summed E-state index contributed by atoms with van der Waals surface area (Å²) < 4.78 is 5.36. The van der Waals surface area contributed by atoms with Gasteiger partial charge in [-0.25, -0.2) is 0 Å². The molecule has 1 aliphatic rings. The van der Waals surface area contributed by atoms with E-state index in [0.29, 0.717) is 18.7 Å². The van der Waals surface area contributed by atoms with Gasteiger partial charge in [0.2, 0.25) is 0 Å². The molecule has 1 aromatic carbocycles. The van der Waals surface area contributed by atoms with Crippen molar-refractivity contribution in [2.24, 2.45) is 4.99 Å². The lowest BCUT2D eigenvalue weighted by atomic mass is 10.1. The Labute approximate surface area is 183 Å². The van der Waals surface area contributed by atoms with Gasteiger partial charge < -0.3 is 20.7 Å². The number of hydrogen-bond donors (Lipinski definition) is 3. The molecule has 6 nitrogen and oxygen atoms in total. The lowest BCUT2D eigenvalue weighted by Gasteiger charge is -2.21. The normalized spacial score (nSPS) is 19.1. The number of carbonyl (C=O) groups excluding carboxylic acids is 1. The summed E-state index contributed by atoms with van der Waals surface area (Å²) in [6.07, 6.45) is 2.50. The second-order valence-corrected chi connectivity index (χ2v) is 8.19. The molecule has 27 heavy (non-hydrogen) atoms. The highest BCUT2D eigenvalue weighted by atomic mass is 127. The van der Waals surface area contributed by atoms with Gasteiger partial charge >= 0.3 is 0 Å². The molecule has 1 fully saturated rings. The Morgan fingerprint density at radius 2 is 1.93 bits per heavy atom. The van der Waals surface area contributed by atoms with Crippen LogP contribution in [0.25, 0.3) is 0 Å². The number of hydrogen-bond acceptors (Lipinski definition) is 4. The lowest BCUT2D eigenvalue weighted by Crippen LogP contribution is -2.42. The SMILES string of the molecule is CCNC(=NCC1(C)CCCS1)NCCNC(=O)c1ccc(OC)cc1.I. The Bertz CT molecular complexity index is 604. The maximum Gasteiger partial charge on any atom is 0.251 e. The number of guanidine groups is 1. The number of nitrogens with zero attached hydrogens (tertiary/aromatic N) is 1. The number of aliphatic imine (C=N–C) groups is 1. The van der Waals surface area contributed by atoms with Crippen LogP contribution in [0.5, 0.6) is 5.75 Å². The van der Waals surface area contributed by atoms with Crippen LogP contribution in [-0.2, 0) is 0 Å². The van der Waals surface area contributed by atoms with E-state index in [4.69, 9.17) is 9.73 Å². The smallest absolute Gasteiger partial charge is 0.251 e. The fourth-order valence-electron chi connectivity index (χ4n) is 2.75. The monoisotopic (exact) mass is 506 g/mol. The first-order chi connectivity index (χ1) is 12.6. The zero-order valence-corrected chi connectivity index (χ0v) is 19.5. The largest absolute Gasteiger partial charge is 0.497 e. The van der Waals surface area contributed by atoms with E-state index in [2.05, 4.69) is 29.8 Å². The summed E-state index contributed by atoms with van der Waals surface area (Å²) in [4.78, 5) is 16.8. The molecule has 1 amide bonds. The molecular weight excluding hydrogens is 475 g/mol. The molecule has 1 atom stereocenters. The van der Waals surface area contributed by atoms with Crippen molar-refractivity contribution < 1.29 is 9.53 Å². The van der Waals surface area contributed by atoms with E-state index >= 15 is 0 Å². The molecular formula is C19H31IN4O2S. The molecule has 1 saturated heterocycles. The Morgan fingerprint density at radius 1 is 1.22 bits per heavy atom. The molecule has 0 bridgehead atoms. The minimum atomic E-state index is -0.0914. The third kappa shape index (κ3) is 8.16. The van der Waals surface area contributed by atoms with Gasteiger partial charge in [-0.2, -0.15) is 11.8 Å². The highest BCUT2D eigenvalue weighted by Crippen LogP contribution is 2.37. The van der Waals surface area contributed by atoms with E-state index < -0.39 is 0 Å². The summed E-state index contributed by atoms with van der Waals surface area (Å²) in [5.74, 6) is 2.68. The first kappa shape index (κ1) is 23.9. The number of rotatable bonds is 8. The number of amides is 1. The standard InChI is InChI=1S/C19H30N4O2S.HI/c1-4-20-18(23-14-19(2)10-5-13-26-19)22-12-11-21-17(24)15-6-8-16(25-3)9-7-15;/h6-9H,4-5,10-14H2,1-3H3,(H,21,24)(H2,20,22,23);1H. The molecule has 0 aliphatic carbocycles. The quantitative estimate of drug-likeness (QED) is 0.219. The molecule has 1 heterocycles. The van der Waals surface area contributed by atoms with Crippen LogP contribution in [0.4, 0.5) is 0 Å². The molecule has 3 N–H and O–H groups in total. The van der Waals surface area contributed by atoms with Gasteiger partial charge in [-0.05, 0) is 56.7 Å². The number of halogens is 1. The Morgan fingerprint density at radius 3 is 2.52 bits per heavy atom. The number of thioether (sulfide) groups is 1. The molecule has 1 aromatic rings. The Balaban J connectivity index is 0.00000364. The van der Waals surface area contributed by atoms with Crippen molar-refractivity contribution in [2.75, 3.05) is 39.0 Å². The first-order valence-electron chi connectivity index (χ1n) is 9.15. The van der Waals surface area contributed by atoms with Gasteiger partial charge in [0.1, 0.15) is 5.75 Å². The number of nitrogens with one attached hydrogen (secondary N) is 3. The molecule has 0 radical (unpaired) electrons. The number of ether oxygens (including phenoxy) is 1. The van der Waals surface area contributed by atoms with E-state index in [1.165, 1.54) is 18.6 Å². The van der Waals surface area contributed by atoms with E-state index in [-0.39, 0.29) is 34.6 Å². The van der Waals surface area contributed by atoms with Crippen molar-refractivity contribution in [3.8, 4) is 5.75 Å². The number of carbonyl (C=O) groups is 1. The van der Waals surface area contributed by atoms with Crippen molar-refractivity contribution >= 4 is 47.6 Å². The predicted molar refractivity (Wildman–Crippen MR) is 125 cm³/mol. The number of benzene rings is 1. The van der Waals surface area contributed by atoms with Crippen molar-refractivity contribution in [2.45, 2.75) is 31.4 Å². The predicted octanol–water partition coefficient (Wildman–Crippen LogP) is 2.88. The molecule has 1 unspecified atom stereocenters. The van der Waals surface area contributed by atoms with Gasteiger partial charge in [0, 0.05) is 29.9 Å². The fraction of sp³-hybridized carbons (Fsp3) is 0.579. The molecule has 152 valence electrons. The van der Waals surface area contributed by atoms with Crippen LogP contribution in [0, 0.1) is 0 Å². The molecule has 1 aliphatic heterocycles. The summed E-state index contributed by atoms with van der Waals surface area (Å²) in [6, 6.07) is 7.08. The Hall–Kier alpha value is -1.16. The van der Waals surface area contributed by atoms with Crippen LogP contribution >= 0.6 is 35.7 Å². The Kier molecular flexibility index (Phi) is 10.9. The lowest BCUT2D eigenvalue weighted by molar-refractivity contribution is 0.0954. The van der Waals surface area contributed by atoms with Crippen LogP contribution in [0.1, 0.15) is 37.0 Å². The summed E-state index contributed by atoms with van der Waals surface area (Å²) >= 11 is 2.01. The van der Waals surface area contributed by atoms with Gasteiger partial charge in [0.25, 0.3) is 5.91 Å². The van der Waals surface area contributed by atoms with Crippen molar-refractivity contribution in [1.29, 1.82) is 0 Å². The van der Waals surface area contributed by atoms with Crippen molar-refractivity contribution in [1.82, 2.24) is 16.0 Å². The van der Waals surface area contributed by atoms with Crippen molar-refractivity contribution in [3.05, 3.63) is 29.8 Å². The van der Waals surface area contributed by atoms with Crippen LogP contribution in [0.15, 0.2) is 29.3 Å². The molecule has 0 spiro atoms. The van der Waals surface area contributed by atoms with Crippen molar-refractivity contribution in [3.63, 3.8) is 0 Å². The van der Waals surface area contributed by atoms with Crippen LogP contribution < -0.4 is 20.7 Å². The minimum Gasteiger partial charge on any atom is -0.497 e. The zero-order chi connectivity index (χ0) is 18.8. The van der Waals surface area contributed by atoms with E-state index in [1.807, 2.05) is 11.8 Å². The first-order valence-corrected chi connectivity index (χ1v) is 10.1. The summed E-state index contributed by atoms with van der Waals surface area (Å²) in [7, 11) is 1.61. The second kappa shape index (κ2) is 12.3. The second-order valence-electron chi connectivity index (χ2n) is 6.51. The summed E-state index contributed by atoms with van der Waals surface area (Å²) in [5, 5.41) is 9.45. The van der Waals surface area contributed by atoms with Gasteiger partial charge in [0.05, 0.1) is 13.7 Å². The van der Waals surface area contributed by atoms with Crippen LogP contribution in [-0.4, -0.2) is 55.7 Å². The summed E-state index contributed by atoms with van der Waals surface area (Å²) in [5.41, 5.74) is 0.623. The average Bonchev–Trinajstić information content (AvgIpc) is 3.10. The maximum atomic E-state index is 12.1. The van der Waals surface area contributed by atoms with E-state index in [1.54, 1.807) is 31.4 Å². The van der Waals surface area contributed by atoms with E-state index in [0.717, 1.165) is 24.8 Å². The van der Waals surface area contributed by atoms with Crippen LogP contribution in [0.3, 0.4) is 0 Å². The third-order valence-electron chi connectivity index (χ3n) is 4.27. The fourth-order valence-corrected chi connectivity index (χ4v) is 3.98. The van der Waals surface area contributed by atoms with Gasteiger partial charge in [-0.15, -0.1) is 24.0 Å². The molecule has 8 heteroatoms. The van der Waals surface area contributed by atoms with Crippen LogP contribution in [0.2, 0.25) is 0 Å². The average molecular weight is 506 g/mol. The maximum absolute atomic E-state index is 12.1. The highest BCUT2D eigenvalue weighted by Gasteiger charge is 2.29. The summed E-state index contributed by atoms with van der Waals surface area (Å²) in [6.45, 7) is 7.11. The zero-order valence-electron chi connectivity index (χ0n) is 16.3. The minimum absolute atomic E-state index is 0. The van der Waals surface area contributed by atoms with E-state index in [9.17, 15) is 4.79 Å². The highest BCUT2D eigenvalue weighted by molar-refractivity contribution is 14.0. The topological polar surface area (TPSA) is 74.8 Å².